The lowest BCUT2D eigenvalue weighted by Gasteiger charge is -2.09. The van der Waals surface area contributed by atoms with Gasteiger partial charge in [-0.3, -0.25) is 9.59 Å². The number of carbonyl (C=O) groups excluding carboxylic acids is 2. The van der Waals surface area contributed by atoms with Crippen LogP contribution in [0.1, 0.15) is 5.69 Å². The lowest BCUT2D eigenvalue weighted by atomic mass is 10.0. The van der Waals surface area contributed by atoms with Gasteiger partial charge >= 0.3 is 0 Å². The van der Waals surface area contributed by atoms with Crippen molar-refractivity contribution in [3.63, 3.8) is 0 Å². The first-order chi connectivity index (χ1) is 12.6. The van der Waals surface area contributed by atoms with Crippen molar-refractivity contribution in [3.8, 4) is 16.8 Å². The molecule has 26 heavy (non-hydrogen) atoms. The van der Waals surface area contributed by atoms with Crippen LogP contribution in [-0.4, -0.2) is 16.7 Å². The average Bonchev–Trinajstić information content (AvgIpc) is 3.29. The number of rotatable bonds is 6. The third-order valence-corrected chi connectivity index (χ3v) is 4.37. The fourth-order valence-corrected chi connectivity index (χ4v) is 2.99. The first-order valence-electron chi connectivity index (χ1n) is 7.54. The van der Waals surface area contributed by atoms with Crippen molar-refractivity contribution in [2.24, 2.45) is 5.92 Å². The number of aromatic nitrogens is 1. The van der Waals surface area contributed by atoms with E-state index in [-0.39, 0.29) is 6.42 Å². The lowest BCUT2D eigenvalue weighted by Crippen LogP contribution is -2.29. The molecule has 6 nitrogen and oxygen atoms in total. The third-order valence-electron chi connectivity index (χ3n) is 3.46. The number of furan rings is 1. The topological polar surface area (TPSA) is 96.0 Å². The van der Waals surface area contributed by atoms with Crippen LogP contribution in [0.3, 0.4) is 0 Å². The first-order valence-corrected chi connectivity index (χ1v) is 8.42. The molecule has 1 atom stereocenters. The number of anilines is 1. The zero-order valence-corrected chi connectivity index (χ0v) is 14.1. The molecule has 0 fully saturated rings. The maximum atomic E-state index is 12.9. The molecule has 0 bridgehead atoms. The molecule has 0 aliphatic heterocycles. The fraction of sp³-hybridized carbons (Fsp3) is 0.111. The van der Waals surface area contributed by atoms with Gasteiger partial charge < -0.3 is 9.73 Å². The number of benzene rings is 1. The highest BCUT2D eigenvalue weighted by Gasteiger charge is 2.27. The molecule has 3 rings (SSSR count). The van der Waals surface area contributed by atoms with Gasteiger partial charge in [-0.2, -0.15) is 5.26 Å². The van der Waals surface area contributed by atoms with Crippen LogP contribution in [0, 0.1) is 23.1 Å². The molecule has 2 aromatic heterocycles. The highest BCUT2D eigenvalue weighted by atomic mass is 32.1. The van der Waals surface area contributed by atoms with Crippen LogP contribution in [0.2, 0.25) is 0 Å². The molecule has 1 amide bonds. The van der Waals surface area contributed by atoms with Gasteiger partial charge in [0, 0.05) is 11.1 Å². The Morgan fingerprint density at radius 1 is 1.31 bits per heavy atom. The molecule has 8 heteroatoms. The standard InChI is InChI=1S/C18H12FN3O3S/c19-11-3-5-12(6-4-11)21-17(24)14(9-20)15(23)8-13-10-26-18(22-13)16-2-1-7-25-16/h1-7,10,14H,8H2,(H,21,24)/t14-/m0/s1. The van der Waals surface area contributed by atoms with Crippen molar-refractivity contribution >= 4 is 28.7 Å². The van der Waals surface area contributed by atoms with Gasteiger partial charge in [-0.15, -0.1) is 11.3 Å². The monoisotopic (exact) mass is 369 g/mol. The molecule has 1 aromatic carbocycles. The van der Waals surface area contributed by atoms with Crippen molar-refractivity contribution in [2.75, 3.05) is 5.32 Å². The number of ketones is 1. The smallest absolute Gasteiger partial charge is 0.249 e. The van der Waals surface area contributed by atoms with Gasteiger partial charge in [0.15, 0.2) is 22.5 Å². The van der Waals surface area contributed by atoms with Crippen molar-refractivity contribution in [2.45, 2.75) is 6.42 Å². The second kappa shape index (κ2) is 7.72. The molecule has 0 radical (unpaired) electrons. The predicted octanol–water partition coefficient (Wildman–Crippen LogP) is 3.43. The number of Topliss-reactive ketones (excluding diaryl/α,β-unsaturated/α-hetero) is 1. The van der Waals surface area contributed by atoms with Crippen LogP contribution in [0.5, 0.6) is 0 Å². The van der Waals surface area contributed by atoms with Crippen molar-refractivity contribution in [1.29, 1.82) is 5.26 Å². The summed E-state index contributed by atoms with van der Waals surface area (Å²) in [6, 6.07) is 10.2. The summed E-state index contributed by atoms with van der Waals surface area (Å²) in [5.41, 5.74) is 0.763. The Morgan fingerprint density at radius 2 is 2.08 bits per heavy atom. The zero-order valence-electron chi connectivity index (χ0n) is 13.3. The Hall–Kier alpha value is -3.31. The summed E-state index contributed by atoms with van der Waals surface area (Å²) < 4.78 is 18.1. The number of carbonyl (C=O) groups is 2. The highest BCUT2D eigenvalue weighted by molar-refractivity contribution is 7.13. The Balaban J connectivity index is 1.66. The van der Waals surface area contributed by atoms with Crippen LogP contribution >= 0.6 is 11.3 Å². The number of halogens is 1. The van der Waals surface area contributed by atoms with Crippen LogP contribution in [-0.2, 0) is 16.0 Å². The Kier molecular flexibility index (Phi) is 5.20. The Labute approximate surface area is 151 Å². The van der Waals surface area contributed by atoms with Gasteiger partial charge in [-0.05, 0) is 36.4 Å². The minimum Gasteiger partial charge on any atom is -0.462 e. The van der Waals surface area contributed by atoms with Crippen LogP contribution in [0.4, 0.5) is 10.1 Å². The molecule has 0 aliphatic carbocycles. The van der Waals surface area contributed by atoms with E-state index in [0.717, 1.165) is 0 Å². The van der Waals surface area contributed by atoms with Crippen LogP contribution in [0.15, 0.2) is 52.5 Å². The number of thiazole rings is 1. The van der Waals surface area contributed by atoms with Gasteiger partial charge in [0.1, 0.15) is 5.82 Å². The molecular formula is C18H12FN3O3S. The summed E-state index contributed by atoms with van der Waals surface area (Å²) in [4.78, 5) is 28.8. The summed E-state index contributed by atoms with van der Waals surface area (Å²) in [5, 5.41) is 13.9. The summed E-state index contributed by atoms with van der Waals surface area (Å²) in [5.74, 6) is -2.67. The molecule has 0 saturated carbocycles. The minimum absolute atomic E-state index is 0.147. The number of nitriles is 1. The second-order valence-electron chi connectivity index (χ2n) is 5.32. The normalized spacial score (nSPS) is 11.5. The van der Waals surface area contributed by atoms with E-state index >= 15 is 0 Å². The van der Waals surface area contributed by atoms with Crippen LogP contribution in [0.25, 0.3) is 10.8 Å². The van der Waals surface area contributed by atoms with Crippen molar-refractivity contribution in [3.05, 3.63) is 59.6 Å². The highest BCUT2D eigenvalue weighted by Crippen LogP contribution is 2.24. The summed E-state index contributed by atoms with van der Waals surface area (Å²) in [7, 11) is 0. The van der Waals surface area contributed by atoms with Gasteiger partial charge in [0.2, 0.25) is 5.91 Å². The van der Waals surface area contributed by atoms with Gasteiger partial charge in [0.25, 0.3) is 0 Å². The maximum absolute atomic E-state index is 12.9. The summed E-state index contributed by atoms with van der Waals surface area (Å²) in [6.07, 6.45) is 1.37. The SMILES string of the molecule is N#C[C@@H](C(=O)Cc1csc(-c2ccco2)n1)C(=O)Nc1ccc(F)cc1. The van der Waals surface area contributed by atoms with E-state index < -0.39 is 23.4 Å². The number of nitrogens with one attached hydrogen (secondary N) is 1. The fourth-order valence-electron chi connectivity index (χ4n) is 2.21. The summed E-state index contributed by atoms with van der Waals surface area (Å²) in [6.45, 7) is 0. The molecule has 3 aromatic rings. The third kappa shape index (κ3) is 4.02. The molecular weight excluding hydrogens is 357 g/mol. The van der Waals surface area contributed by atoms with E-state index in [9.17, 15) is 19.2 Å². The van der Waals surface area contributed by atoms with Gasteiger partial charge in [-0.1, -0.05) is 0 Å². The van der Waals surface area contributed by atoms with Crippen molar-refractivity contribution < 1.29 is 18.4 Å². The van der Waals surface area contributed by atoms with Gasteiger partial charge in [0.05, 0.1) is 24.4 Å². The average molecular weight is 369 g/mol. The van der Waals surface area contributed by atoms with Gasteiger partial charge in [-0.25, -0.2) is 9.37 Å². The van der Waals surface area contributed by atoms with E-state index in [4.69, 9.17) is 4.42 Å². The van der Waals surface area contributed by atoms with E-state index in [1.165, 1.54) is 41.9 Å². The molecule has 0 unspecified atom stereocenters. The summed E-state index contributed by atoms with van der Waals surface area (Å²) >= 11 is 1.30. The quantitative estimate of drug-likeness (QED) is 0.672. The van der Waals surface area contributed by atoms with E-state index in [2.05, 4.69) is 10.3 Å². The lowest BCUT2D eigenvalue weighted by molar-refractivity contribution is -0.128. The second-order valence-corrected chi connectivity index (χ2v) is 6.18. The number of nitrogens with zero attached hydrogens (tertiary/aromatic N) is 2. The Morgan fingerprint density at radius 3 is 2.73 bits per heavy atom. The van der Waals surface area contributed by atoms with E-state index in [1.54, 1.807) is 23.6 Å². The molecule has 0 spiro atoms. The molecule has 130 valence electrons. The van der Waals surface area contributed by atoms with Crippen molar-refractivity contribution in [1.82, 2.24) is 4.98 Å². The Bertz CT molecular complexity index is 958. The maximum Gasteiger partial charge on any atom is 0.249 e. The molecule has 1 N–H and O–H groups in total. The van der Waals surface area contributed by atoms with E-state index in [1.807, 2.05) is 0 Å². The number of hydrogen-bond donors (Lipinski definition) is 1. The van der Waals surface area contributed by atoms with E-state index in [0.29, 0.717) is 22.1 Å². The largest absolute Gasteiger partial charge is 0.462 e. The van der Waals surface area contributed by atoms with Crippen LogP contribution < -0.4 is 5.32 Å². The predicted molar refractivity (Wildman–Crippen MR) is 92.7 cm³/mol. The molecule has 0 saturated heterocycles. The zero-order chi connectivity index (χ0) is 18.5. The number of amides is 1. The molecule has 0 aliphatic rings. The first kappa shape index (κ1) is 17.5. The molecule has 2 heterocycles. The number of hydrogen-bond acceptors (Lipinski definition) is 6. The minimum atomic E-state index is -1.48.